The predicted octanol–water partition coefficient (Wildman–Crippen LogP) is 3.90. The van der Waals surface area contributed by atoms with Crippen LogP contribution in [-0.2, 0) is 5.41 Å². The lowest BCUT2D eigenvalue weighted by molar-refractivity contribution is 0.0966. The van der Waals surface area contributed by atoms with Crippen molar-refractivity contribution in [2.75, 3.05) is 29.9 Å². The highest BCUT2D eigenvalue weighted by Crippen LogP contribution is 2.44. The zero-order chi connectivity index (χ0) is 23.3. The van der Waals surface area contributed by atoms with Gasteiger partial charge in [-0.1, -0.05) is 23.7 Å². The Labute approximate surface area is 192 Å². The summed E-state index contributed by atoms with van der Waals surface area (Å²) in [6, 6.07) is 6.96. The van der Waals surface area contributed by atoms with Gasteiger partial charge in [0.1, 0.15) is 5.82 Å². The van der Waals surface area contributed by atoms with E-state index >= 15 is 8.78 Å². The summed E-state index contributed by atoms with van der Waals surface area (Å²) in [6.45, 7) is 2.63. The Balaban J connectivity index is 1.74. The monoisotopic (exact) mass is 473 g/mol. The van der Waals surface area contributed by atoms with Crippen LogP contribution in [0.4, 0.5) is 24.8 Å². The Morgan fingerprint density at radius 3 is 2.64 bits per heavy atom. The number of aromatic nitrogens is 2. The number of carbonyl (C=O) groups is 1. The van der Waals surface area contributed by atoms with E-state index in [-0.39, 0.29) is 45.9 Å². The van der Waals surface area contributed by atoms with Crippen molar-refractivity contribution >= 4 is 29.1 Å². The van der Waals surface area contributed by atoms with Crippen molar-refractivity contribution in [3.05, 3.63) is 81.9 Å². The molecule has 0 saturated carbocycles. The molecule has 1 amide bonds. The van der Waals surface area contributed by atoms with Crippen LogP contribution < -0.4 is 15.5 Å². The lowest BCUT2D eigenvalue weighted by atomic mass is 9.71. The zero-order valence-electron chi connectivity index (χ0n) is 17.5. The highest BCUT2D eigenvalue weighted by molar-refractivity contribution is 6.30. The maximum absolute atomic E-state index is 15.9. The lowest BCUT2D eigenvalue weighted by Gasteiger charge is -2.42. The lowest BCUT2D eigenvalue weighted by Crippen LogP contribution is -2.52. The molecular weight excluding hydrogens is 455 g/mol. The third-order valence-corrected chi connectivity index (χ3v) is 6.48. The van der Waals surface area contributed by atoms with Crippen LogP contribution in [0.3, 0.4) is 0 Å². The zero-order valence-corrected chi connectivity index (χ0v) is 18.3. The SMILES string of the molecule is C[C@]1(c2cccc(Cl)c2F)CN(c2ncccc2F)C(=O)c2cnc(NC3CNC3)c(F)c21. The van der Waals surface area contributed by atoms with E-state index in [2.05, 4.69) is 20.6 Å². The van der Waals surface area contributed by atoms with Crippen molar-refractivity contribution in [1.82, 2.24) is 15.3 Å². The van der Waals surface area contributed by atoms with Gasteiger partial charge in [0, 0.05) is 48.6 Å². The molecule has 2 aliphatic heterocycles. The van der Waals surface area contributed by atoms with Crippen LogP contribution in [0, 0.1) is 17.5 Å². The highest BCUT2D eigenvalue weighted by atomic mass is 35.5. The minimum Gasteiger partial charge on any atom is -0.362 e. The van der Waals surface area contributed by atoms with Crippen LogP contribution in [-0.4, -0.2) is 41.6 Å². The molecule has 1 aromatic carbocycles. The van der Waals surface area contributed by atoms with Gasteiger partial charge in [-0.2, -0.15) is 0 Å². The maximum Gasteiger partial charge on any atom is 0.261 e. The topological polar surface area (TPSA) is 70.2 Å². The average molecular weight is 474 g/mol. The Kier molecular flexibility index (Phi) is 5.25. The van der Waals surface area contributed by atoms with Gasteiger partial charge in [0.15, 0.2) is 23.3 Å². The summed E-state index contributed by atoms with van der Waals surface area (Å²) in [6.07, 6.45) is 2.58. The number of halogens is 4. The molecule has 2 aliphatic rings. The van der Waals surface area contributed by atoms with E-state index in [4.69, 9.17) is 11.6 Å². The first-order valence-corrected chi connectivity index (χ1v) is 10.7. The minimum atomic E-state index is -1.41. The van der Waals surface area contributed by atoms with E-state index in [1.54, 1.807) is 13.0 Å². The van der Waals surface area contributed by atoms with Crippen molar-refractivity contribution in [2.45, 2.75) is 18.4 Å². The van der Waals surface area contributed by atoms with Crippen molar-refractivity contribution < 1.29 is 18.0 Å². The Bertz CT molecular complexity index is 1270. The predicted molar refractivity (Wildman–Crippen MR) is 118 cm³/mol. The molecule has 0 radical (unpaired) electrons. The fourth-order valence-electron chi connectivity index (χ4n) is 4.38. The summed E-state index contributed by atoms with van der Waals surface area (Å²) in [5.41, 5.74) is -1.45. The molecule has 0 unspecified atom stereocenters. The summed E-state index contributed by atoms with van der Waals surface area (Å²) in [5.74, 6) is -3.16. The molecule has 33 heavy (non-hydrogen) atoms. The molecule has 1 saturated heterocycles. The van der Waals surface area contributed by atoms with Gasteiger partial charge in [-0.05, 0) is 25.1 Å². The summed E-state index contributed by atoms with van der Waals surface area (Å²) in [7, 11) is 0. The molecule has 1 atom stereocenters. The molecule has 0 spiro atoms. The number of carbonyl (C=O) groups excluding carboxylic acids is 1. The second kappa shape index (κ2) is 8.00. The molecular formula is C23H19ClF3N5O. The minimum absolute atomic E-state index is 0.0161. The second-order valence-electron chi connectivity index (χ2n) is 8.34. The number of anilines is 2. The van der Waals surface area contributed by atoms with Gasteiger partial charge in [-0.15, -0.1) is 0 Å². The largest absolute Gasteiger partial charge is 0.362 e. The van der Waals surface area contributed by atoms with E-state index in [1.807, 2.05) is 0 Å². The first kappa shape index (κ1) is 21.7. The summed E-state index contributed by atoms with van der Waals surface area (Å²) in [4.78, 5) is 22.6. The number of hydrogen-bond acceptors (Lipinski definition) is 5. The molecule has 2 N–H and O–H groups in total. The van der Waals surface area contributed by atoms with E-state index in [0.717, 1.165) is 4.90 Å². The standard InChI is InChI=1S/C23H19ClF3N5O/c1-23(14-4-2-5-15(24)18(14)26)11-32(21-16(25)6-3-7-29-21)22(33)13-10-30-20(19(27)17(13)23)31-12-8-28-9-12/h2-7,10,12,28H,8-9,11H2,1H3,(H,30,31)/t23-/m1/s1. The molecule has 0 bridgehead atoms. The molecule has 2 aromatic heterocycles. The smallest absolute Gasteiger partial charge is 0.261 e. The van der Waals surface area contributed by atoms with Gasteiger partial charge in [0.05, 0.1) is 16.6 Å². The number of pyridine rings is 2. The molecule has 0 aliphatic carbocycles. The Morgan fingerprint density at radius 2 is 1.94 bits per heavy atom. The number of fused-ring (bicyclic) bond motifs is 1. The van der Waals surface area contributed by atoms with Gasteiger partial charge in [0.25, 0.3) is 5.91 Å². The van der Waals surface area contributed by atoms with Crippen molar-refractivity contribution in [2.24, 2.45) is 0 Å². The summed E-state index contributed by atoms with van der Waals surface area (Å²) >= 11 is 6.04. The van der Waals surface area contributed by atoms with Crippen LogP contribution in [0.1, 0.15) is 28.4 Å². The van der Waals surface area contributed by atoms with E-state index < -0.39 is 28.8 Å². The quantitative estimate of drug-likeness (QED) is 0.601. The number of benzene rings is 1. The fraction of sp³-hybridized carbons (Fsp3) is 0.261. The van der Waals surface area contributed by atoms with Crippen LogP contribution in [0.2, 0.25) is 5.02 Å². The second-order valence-corrected chi connectivity index (χ2v) is 8.75. The van der Waals surface area contributed by atoms with Gasteiger partial charge in [-0.25, -0.2) is 23.1 Å². The van der Waals surface area contributed by atoms with E-state index in [1.165, 1.54) is 36.7 Å². The van der Waals surface area contributed by atoms with Crippen LogP contribution in [0.25, 0.3) is 0 Å². The van der Waals surface area contributed by atoms with E-state index in [9.17, 15) is 9.18 Å². The first-order valence-electron chi connectivity index (χ1n) is 10.3. The van der Waals surface area contributed by atoms with Crippen LogP contribution >= 0.6 is 11.6 Å². The van der Waals surface area contributed by atoms with Gasteiger partial charge in [0.2, 0.25) is 0 Å². The molecule has 1 fully saturated rings. The Hall–Kier alpha value is -3.17. The molecule has 170 valence electrons. The van der Waals surface area contributed by atoms with Crippen LogP contribution in [0.5, 0.6) is 0 Å². The number of amides is 1. The first-order chi connectivity index (χ1) is 15.8. The number of nitrogens with one attached hydrogen (secondary N) is 2. The van der Waals surface area contributed by atoms with Crippen molar-refractivity contribution in [3.8, 4) is 0 Å². The summed E-state index contributed by atoms with van der Waals surface area (Å²) < 4.78 is 45.8. The highest BCUT2D eigenvalue weighted by Gasteiger charge is 2.47. The maximum atomic E-state index is 15.9. The van der Waals surface area contributed by atoms with E-state index in [0.29, 0.717) is 13.1 Å². The molecule has 5 rings (SSSR count). The molecule has 3 aromatic rings. The third kappa shape index (κ3) is 3.43. The Morgan fingerprint density at radius 1 is 1.15 bits per heavy atom. The van der Waals surface area contributed by atoms with Gasteiger partial charge in [-0.3, -0.25) is 9.69 Å². The number of hydrogen-bond donors (Lipinski definition) is 2. The number of nitrogens with zero attached hydrogens (tertiary/aromatic N) is 3. The normalized spacial score (nSPS) is 20.4. The molecule has 6 nitrogen and oxygen atoms in total. The number of rotatable bonds is 4. The van der Waals surface area contributed by atoms with Gasteiger partial charge >= 0.3 is 0 Å². The van der Waals surface area contributed by atoms with Crippen molar-refractivity contribution in [3.63, 3.8) is 0 Å². The molecule has 10 heteroatoms. The van der Waals surface area contributed by atoms with Gasteiger partial charge < -0.3 is 10.6 Å². The molecule has 4 heterocycles. The average Bonchev–Trinajstić information content (AvgIpc) is 2.76. The van der Waals surface area contributed by atoms with Crippen molar-refractivity contribution in [1.29, 1.82) is 0 Å². The summed E-state index contributed by atoms with van der Waals surface area (Å²) in [5, 5.41) is 5.95. The van der Waals surface area contributed by atoms with Crippen LogP contribution in [0.15, 0.2) is 42.7 Å². The fourth-order valence-corrected chi connectivity index (χ4v) is 4.56. The third-order valence-electron chi connectivity index (χ3n) is 6.18.